The SMILES string of the molecule is CC(C)(C)NS(=O)(=O)c1ccc(C(=O)n2ccccc2=NC2CCCCC2)cc1. The number of hydrogen-bond acceptors (Lipinski definition) is 4. The number of carbonyl (C=O) groups excluding carboxylic acids is 1. The van der Waals surface area contributed by atoms with Crippen molar-refractivity contribution in [2.24, 2.45) is 4.99 Å². The molecule has 6 nitrogen and oxygen atoms in total. The number of hydrogen-bond donors (Lipinski definition) is 1. The summed E-state index contributed by atoms with van der Waals surface area (Å²) in [5, 5.41) is 0. The third-order valence-electron chi connectivity index (χ3n) is 4.80. The van der Waals surface area contributed by atoms with Gasteiger partial charge >= 0.3 is 0 Å². The van der Waals surface area contributed by atoms with E-state index in [-0.39, 0.29) is 16.8 Å². The largest absolute Gasteiger partial charge is 0.268 e. The second-order valence-electron chi connectivity index (χ2n) is 8.53. The van der Waals surface area contributed by atoms with Crippen molar-refractivity contribution in [3.05, 3.63) is 59.7 Å². The molecule has 0 bridgehead atoms. The Morgan fingerprint density at radius 1 is 1.03 bits per heavy atom. The van der Waals surface area contributed by atoms with Gasteiger partial charge in [-0.3, -0.25) is 14.4 Å². The molecule has 0 atom stereocenters. The molecule has 2 aromatic rings. The lowest BCUT2D eigenvalue weighted by Crippen LogP contribution is -2.40. The minimum atomic E-state index is -3.64. The number of aromatic nitrogens is 1. The fourth-order valence-electron chi connectivity index (χ4n) is 3.49. The standard InChI is InChI=1S/C22H29N3O3S/c1-22(2,3)24-29(27,28)19-14-12-17(13-15-19)21(26)25-16-8-7-11-20(25)23-18-9-5-4-6-10-18/h7-8,11-16,18,24H,4-6,9-10H2,1-3H3. The Kier molecular flexibility index (Phi) is 6.39. The molecule has 0 amide bonds. The van der Waals surface area contributed by atoms with Gasteiger partial charge in [-0.25, -0.2) is 13.1 Å². The maximum atomic E-state index is 13.0. The van der Waals surface area contributed by atoms with E-state index in [9.17, 15) is 13.2 Å². The molecule has 1 aromatic carbocycles. The summed E-state index contributed by atoms with van der Waals surface area (Å²) in [5.41, 5.74) is 0.467. The zero-order valence-electron chi connectivity index (χ0n) is 17.3. The smallest absolute Gasteiger partial charge is 0.263 e. The fraction of sp³-hybridized carbons (Fsp3) is 0.455. The second-order valence-corrected chi connectivity index (χ2v) is 10.2. The summed E-state index contributed by atoms with van der Waals surface area (Å²) in [5.74, 6) is -0.229. The molecule has 1 saturated carbocycles. The fourth-order valence-corrected chi connectivity index (χ4v) is 4.90. The molecule has 7 heteroatoms. The highest BCUT2D eigenvalue weighted by atomic mass is 32.2. The Bertz CT molecular complexity index is 1030. The van der Waals surface area contributed by atoms with Crippen LogP contribution in [0.4, 0.5) is 0 Å². The van der Waals surface area contributed by atoms with E-state index in [4.69, 9.17) is 4.99 Å². The minimum Gasteiger partial charge on any atom is -0.268 e. The van der Waals surface area contributed by atoms with Crippen LogP contribution in [0.1, 0.15) is 63.2 Å². The number of nitrogens with one attached hydrogen (secondary N) is 1. The first-order valence-corrected chi connectivity index (χ1v) is 11.5. The van der Waals surface area contributed by atoms with E-state index >= 15 is 0 Å². The average Bonchev–Trinajstić information content (AvgIpc) is 2.67. The predicted octanol–water partition coefficient (Wildman–Crippen LogP) is 3.49. The molecule has 1 aliphatic rings. The number of nitrogens with zero attached hydrogens (tertiary/aromatic N) is 2. The third-order valence-corrected chi connectivity index (χ3v) is 6.57. The molecule has 3 rings (SSSR count). The predicted molar refractivity (Wildman–Crippen MR) is 113 cm³/mol. The normalized spacial score (nSPS) is 16.7. The van der Waals surface area contributed by atoms with E-state index in [2.05, 4.69) is 4.72 Å². The molecule has 0 unspecified atom stereocenters. The highest BCUT2D eigenvalue weighted by Crippen LogP contribution is 2.19. The van der Waals surface area contributed by atoms with Crippen molar-refractivity contribution >= 4 is 15.9 Å². The summed E-state index contributed by atoms with van der Waals surface area (Å²) >= 11 is 0. The van der Waals surface area contributed by atoms with E-state index in [0.717, 1.165) is 12.8 Å². The summed E-state index contributed by atoms with van der Waals surface area (Å²) in [6, 6.07) is 11.8. The highest BCUT2D eigenvalue weighted by Gasteiger charge is 2.22. The molecule has 1 aromatic heterocycles. The van der Waals surface area contributed by atoms with E-state index in [1.165, 1.54) is 36.0 Å². The van der Waals surface area contributed by atoms with Crippen molar-refractivity contribution in [2.75, 3.05) is 0 Å². The Labute approximate surface area is 172 Å². The van der Waals surface area contributed by atoms with Gasteiger partial charge in [0, 0.05) is 17.3 Å². The Morgan fingerprint density at radius 2 is 1.69 bits per heavy atom. The molecular weight excluding hydrogens is 386 g/mol. The van der Waals surface area contributed by atoms with Gasteiger partial charge in [0.05, 0.1) is 10.9 Å². The Morgan fingerprint density at radius 3 is 2.31 bits per heavy atom. The van der Waals surface area contributed by atoms with Gasteiger partial charge in [0.25, 0.3) is 5.91 Å². The van der Waals surface area contributed by atoms with Crippen molar-refractivity contribution < 1.29 is 13.2 Å². The topological polar surface area (TPSA) is 80.5 Å². The van der Waals surface area contributed by atoms with E-state index in [0.29, 0.717) is 11.1 Å². The van der Waals surface area contributed by atoms with Crippen molar-refractivity contribution in [3.8, 4) is 0 Å². The summed E-state index contributed by atoms with van der Waals surface area (Å²) in [4.78, 5) is 18.0. The van der Waals surface area contributed by atoms with Gasteiger partial charge in [-0.15, -0.1) is 0 Å². The number of sulfonamides is 1. The summed E-state index contributed by atoms with van der Waals surface area (Å²) in [7, 11) is -3.64. The molecule has 1 heterocycles. The van der Waals surface area contributed by atoms with Crippen LogP contribution in [0.3, 0.4) is 0 Å². The van der Waals surface area contributed by atoms with Crippen LogP contribution in [-0.4, -0.2) is 30.5 Å². The lowest BCUT2D eigenvalue weighted by atomic mass is 9.96. The molecule has 0 spiro atoms. The first-order valence-electron chi connectivity index (χ1n) is 10.1. The van der Waals surface area contributed by atoms with Gasteiger partial charge in [0.1, 0.15) is 5.49 Å². The Balaban J connectivity index is 1.87. The average molecular weight is 416 g/mol. The molecule has 1 N–H and O–H groups in total. The number of carbonyl (C=O) groups is 1. The van der Waals surface area contributed by atoms with Crippen molar-refractivity contribution in [2.45, 2.75) is 69.4 Å². The van der Waals surface area contributed by atoms with Crippen molar-refractivity contribution in [3.63, 3.8) is 0 Å². The number of rotatable bonds is 4. The van der Waals surface area contributed by atoms with Crippen LogP contribution < -0.4 is 10.2 Å². The first-order chi connectivity index (χ1) is 13.7. The van der Waals surface area contributed by atoms with Crippen LogP contribution in [0.25, 0.3) is 0 Å². The van der Waals surface area contributed by atoms with Gasteiger partial charge < -0.3 is 0 Å². The monoisotopic (exact) mass is 415 g/mol. The Hall–Kier alpha value is -2.25. The van der Waals surface area contributed by atoms with Crippen molar-refractivity contribution in [1.82, 2.24) is 9.29 Å². The number of pyridine rings is 1. The quantitative estimate of drug-likeness (QED) is 0.830. The molecule has 156 valence electrons. The summed E-state index contributed by atoms with van der Waals surface area (Å²) in [6.07, 6.45) is 7.41. The van der Waals surface area contributed by atoms with Crippen LogP contribution in [0, 0.1) is 0 Å². The van der Waals surface area contributed by atoms with Crippen LogP contribution >= 0.6 is 0 Å². The van der Waals surface area contributed by atoms with E-state index < -0.39 is 15.6 Å². The van der Waals surface area contributed by atoms with E-state index in [1.807, 2.05) is 12.1 Å². The minimum absolute atomic E-state index is 0.133. The lowest BCUT2D eigenvalue weighted by Gasteiger charge is -2.20. The summed E-state index contributed by atoms with van der Waals surface area (Å²) in [6.45, 7) is 5.35. The molecule has 1 fully saturated rings. The maximum absolute atomic E-state index is 13.0. The molecular formula is C22H29N3O3S. The van der Waals surface area contributed by atoms with Crippen LogP contribution in [-0.2, 0) is 10.0 Å². The maximum Gasteiger partial charge on any atom is 0.263 e. The second kappa shape index (κ2) is 8.63. The zero-order valence-corrected chi connectivity index (χ0v) is 18.1. The molecule has 29 heavy (non-hydrogen) atoms. The van der Waals surface area contributed by atoms with Crippen LogP contribution in [0.5, 0.6) is 0 Å². The van der Waals surface area contributed by atoms with E-state index in [1.54, 1.807) is 45.2 Å². The van der Waals surface area contributed by atoms with Gasteiger partial charge in [-0.05, 0) is 70.0 Å². The zero-order chi connectivity index (χ0) is 21.1. The van der Waals surface area contributed by atoms with Gasteiger partial charge in [0.15, 0.2) is 0 Å². The third kappa shape index (κ3) is 5.64. The van der Waals surface area contributed by atoms with Gasteiger partial charge in [0.2, 0.25) is 10.0 Å². The van der Waals surface area contributed by atoms with Crippen LogP contribution in [0.15, 0.2) is 58.5 Å². The molecule has 0 saturated heterocycles. The highest BCUT2D eigenvalue weighted by molar-refractivity contribution is 7.89. The van der Waals surface area contributed by atoms with Gasteiger partial charge in [-0.1, -0.05) is 25.3 Å². The molecule has 0 radical (unpaired) electrons. The lowest BCUT2D eigenvalue weighted by molar-refractivity contribution is 0.0954. The number of benzene rings is 1. The first kappa shape index (κ1) is 21.5. The van der Waals surface area contributed by atoms with Crippen LogP contribution in [0.2, 0.25) is 0 Å². The summed E-state index contributed by atoms with van der Waals surface area (Å²) < 4.78 is 29.1. The molecule has 1 aliphatic carbocycles. The van der Waals surface area contributed by atoms with Crippen molar-refractivity contribution in [1.29, 1.82) is 0 Å². The van der Waals surface area contributed by atoms with Gasteiger partial charge in [-0.2, -0.15) is 0 Å². The molecule has 0 aliphatic heterocycles.